The van der Waals surface area contributed by atoms with E-state index >= 15 is 0 Å². The van der Waals surface area contributed by atoms with Gasteiger partial charge in [-0.2, -0.15) is 4.98 Å². The van der Waals surface area contributed by atoms with Gasteiger partial charge in [-0.1, -0.05) is 23.4 Å². The molecule has 1 heterocycles. The zero-order valence-corrected chi connectivity index (χ0v) is 15.5. The van der Waals surface area contributed by atoms with Gasteiger partial charge in [0.15, 0.2) is 11.5 Å². The van der Waals surface area contributed by atoms with Crippen LogP contribution in [0.4, 0.5) is 5.69 Å². The molecule has 1 aromatic heterocycles. The molecule has 0 fully saturated rings. The minimum absolute atomic E-state index is 0.0303. The van der Waals surface area contributed by atoms with Crippen molar-refractivity contribution in [3.63, 3.8) is 0 Å². The van der Waals surface area contributed by atoms with Crippen LogP contribution < -0.4 is 9.47 Å². The zero-order chi connectivity index (χ0) is 19.9. The third-order valence-electron chi connectivity index (χ3n) is 3.74. The average molecular weight is 381 g/mol. The van der Waals surface area contributed by atoms with E-state index in [0.29, 0.717) is 30.3 Å². The second kappa shape index (κ2) is 8.81. The second-order valence-electron chi connectivity index (χ2n) is 5.67. The van der Waals surface area contributed by atoms with Crippen molar-refractivity contribution in [2.24, 2.45) is 0 Å². The van der Waals surface area contributed by atoms with Crippen LogP contribution in [-0.2, 0) is 0 Å². The monoisotopic (exact) mass is 381 g/mol. The van der Waals surface area contributed by atoms with E-state index in [0.717, 1.165) is 5.56 Å². The Morgan fingerprint density at radius 2 is 1.86 bits per heavy atom. The maximum Gasteiger partial charge on any atom is 0.270 e. The predicted octanol–water partition coefficient (Wildman–Crippen LogP) is 4.61. The van der Waals surface area contributed by atoms with Crippen LogP contribution in [0.5, 0.6) is 11.5 Å². The van der Waals surface area contributed by atoms with Crippen LogP contribution in [0.15, 0.2) is 47.0 Å². The van der Waals surface area contributed by atoms with E-state index in [4.69, 9.17) is 14.0 Å². The molecule has 2 aromatic carbocycles. The molecule has 8 heteroatoms. The van der Waals surface area contributed by atoms with Gasteiger partial charge in [-0.15, -0.1) is 0 Å². The van der Waals surface area contributed by atoms with Crippen LogP contribution >= 0.6 is 0 Å². The molecule has 0 atom stereocenters. The lowest BCUT2D eigenvalue weighted by atomic mass is 10.2. The number of nitro benzene ring substituents is 1. The molecular weight excluding hydrogens is 362 g/mol. The largest absolute Gasteiger partial charge is 0.490 e. The van der Waals surface area contributed by atoms with E-state index in [1.807, 2.05) is 38.1 Å². The van der Waals surface area contributed by atoms with Crippen LogP contribution in [0.25, 0.3) is 23.5 Å². The Kier molecular flexibility index (Phi) is 6.01. The number of nitrogens with zero attached hydrogens (tertiary/aromatic N) is 3. The van der Waals surface area contributed by atoms with Crippen molar-refractivity contribution in [2.45, 2.75) is 13.8 Å². The number of aromatic nitrogens is 2. The van der Waals surface area contributed by atoms with Gasteiger partial charge in [0.25, 0.3) is 11.6 Å². The van der Waals surface area contributed by atoms with Gasteiger partial charge in [-0.3, -0.25) is 10.1 Å². The van der Waals surface area contributed by atoms with Gasteiger partial charge in [0.2, 0.25) is 5.82 Å². The summed E-state index contributed by atoms with van der Waals surface area (Å²) in [6, 6.07) is 11.7. The minimum atomic E-state index is -0.466. The Morgan fingerprint density at radius 3 is 2.61 bits per heavy atom. The van der Waals surface area contributed by atoms with Crippen molar-refractivity contribution >= 4 is 17.8 Å². The van der Waals surface area contributed by atoms with Gasteiger partial charge >= 0.3 is 0 Å². The third kappa shape index (κ3) is 4.53. The van der Waals surface area contributed by atoms with Crippen molar-refractivity contribution in [1.82, 2.24) is 10.1 Å². The van der Waals surface area contributed by atoms with Gasteiger partial charge in [-0.25, -0.2) is 0 Å². The number of ether oxygens (including phenoxy) is 2. The molecule has 28 heavy (non-hydrogen) atoms. The molecule has 0 bridgehead atoms. The maximum atomic E-state index is 10.9. The second-order valence-corrected chi connectivity index (χ2v) is 5.67. The normalized spacial score (nSPS) is 10.9. The van der Waals surface area contributed by atoms with Crippen molar-refractivity contribution in [3.8, 4) is 22.9 Å². The van der Waals surface area contributed by atoms with Gasteiger partial charge < -0.3 is 14.0 Å². The topological polar surface area (TPSA) is 101 Å². The number of nitro groups is 1. The fourth-order valence-electron chi connectivity index (χ4n) is 2.52. The molecule has 0 radical (unpaired) electrons. The van der Waals surface area contributed by atoms with E-state index in [1.54, 1.807) is 18.2 Å². The molecule has 0 saturated heterocycles. The summed E-state index contributed by atoms with van der Waals surface area (Å²) in [4.78, 5) is 14.7. The summed E-state index contributed by atoms with van der Waals surface area (Å²) in [5.74, 6) is 1.92. The first-order chi connectivity index (χ1) is 13.6. The number of non-ortho nitro benzene ring substituents is 1. The Morgan fingerprint density at radius 1 is 1.07 bits per heavy atom. The van der Waals surface area contributed by atoms with Crippen LogP contribution in [0.1, 0.15) is 25.3 Å². The summed E-state index contributed by atoms with van der Waals surface area (Å²) >= 11 is 0. The Hall–Kier alpha value is -3.68. The summed E-state index contributed by atoms with van der Waals surface area (Å²) in [5, 5.41) is 14.8. The SMILES string of the molecule is CCOc1ccc(C=Cc2nc(-c3cccc([N+](=O)[O-])c3)no2)cc1OCC. The average Bonchev–Trinajstić information content (AvgIpc) is 3.18. The molecule has 0 amide bonds. The summed E-state index contributed by atoms with van der Waals surface area (Å²) < 4.78 is 16.4. The fourth-order valence-corrected chi connectivity index (χ4v) is 2.52. The van der Waals surface area contributed by atoms with Gasteiger partial charge in [0, 0.05) is 23.8 Å². The first-order valence-electron chi connectivity index (χ1n) is 8.77. The molecule has 0 aliphatic heterocycles. The van der Waals surface area contributed by atoms with E-state index in [9.17, 15) is 10.1 Å². The molecule has 3 rings (SSSR count). The van der Waals surface area contributed by atoms with Crippen molar-refractivity contribution < 1.29 is 18.9 Å². The minimum Gasteiger partial charge on any atom is -0.490 e. The van der Waals surface area contributed by atoms with Crippen LogP contribution in [-0.4, -0.2) is 28.3 Å². The highest BCUT2D eigenvalue weighted by atomic mass is 16.6. The highest BCUT2D eigenvalue weighted by Gasteiger charge is 2.11. The van der Waals surface area contributed by atoms with Crippen LogP contribution in [0, 0.1) is 10.1 Å². The lowest BCUT2D eigenvalue weighted by Crippen LogP contribution is -1.98. The standard InChI is InChI=1S/C20H19N3O5/c1-3-26-17-10-8-14(12-18(17)27-4-2)9-11-19-21-20(22-28-19)15-6-5-7-16(13-15)23(24)25/h5-13H,3-4H2,1-2H3. The number of hydrogen-bond donors (Lipinski definition) is 0. The Labute approximate surface area is 161 Å². The Bertz CT molecular complexity index is 997. The molecule has 144 valence electrons. The lowest BCUT2D eigenvalue weighted by molar-refractivity contribution is -0.384. The van der Waals surface area contributed by atoms with E-state index in [1.165, 1.54) is 12.1 Å². The number of hydrogen-bond acceptors (Lipinski definition) is 7. The predicted molar refractivity (Wildman–Crippen MR) is 104 cm³/mol. The summed E-state index contributed by atoms with van der Waals surface area (Å²) in [7, 11) is 0. The molecule has 0 spiro atoms. The molecule has 0 N–H and O–H groups in total. The fraction of sp³-hybridized carbons (Fsp3) is 0.200. The first-order valence-corrected chi connectivity index (χ1v) is 8.77. The quantitative estimate of drug-likeness (QED) is 0.415. The highest BCUT2D eigenvalue weighted by Crippen LogP contribution is 2.29. The zero-order valence-electron chi connectivity index (χ0n) is 15.5. The van der Waals surface area contributed by atoms with Gasteiger partial charge in [0.05, 0.1) is 18.1 Å². The van der Waals surface area contributed by atoms with Gasteiger partial charge in [0.1, 0.15) is 0 Å². The van der Waals surface area contributed by atoms with E-state index < -0.39 is 4.92 Å². The molecule has 3 aromatic rings. The van der Waals surface area contributed by atoms with Crippen molar-refractivity contribution in [2.75, 3.05) is 13.2 Å². The molecule has 0 aliphatic carbocycles. The summed E-state index contributed by atoms with van der Waals surface area (Å²) in [5.41, 5.74) is 1.36. The molecule has 8 nitrogen and oxygen atoms in total. The van der Waals surface area contributed by atoms with E-state index in [2.05, 4.69) is 10.1 Å². The summed E-state index contributed by atoms with van der Waals surface area (Å²) in [6.07, 6.45) is 3.47. The smallest absolute Gasteiger partial charge is 0.270 e. The third-order valence-corrected chi connectivity index (χ3v) is 3.74. The number of rotatable bonds is 8. The van der Waals surface area contributed by atoms with Crippen molar-refractivity contribution in [1.29, 1.82) is 0 Å². The molecule has 0 aliphatic rings. The maximum absolute atomic E-state index is 10.9. The number of benzene rings is 2. The lowest BCUT2D eigenvalue weighted by Gasteiger charge is -2.11. The van der Waals surface area contributed by atoms with Crippen LogP contribution in [0.2, 0.25) is 0 Å². The first kappa shape index (κ1) is 19.1. The van der Waals surface area contributed by atoms with Crippen LogP contribution in [0.3, 0.4) is 0 Å². The van der Waals surface area contributed by atoms with Gasteiger partial charge in [-0.05, 0) is 37.6 Å². The highest BCUT2D eigenvalue weighted by molar-refractivity contribution is 5.69. The Balaban J connectivity index is 1.79. The summed E-state index contributed by atoms with van der Waals surface area (Å²) in [6.45, 7) is 4.91. The molecule has 0 unspecified atom stereocenters. The molecule has 0 saturated carbocycles. The van der Waals surface area contributed by atoms with Crippen molar-refractivity contribution in [3.05, 3.63) is 64.0 Å². The molecular formula is C20H19N3O5. The van der Waals surface area contributed by atoms with E-state index in [-0.39, 0.29) is 17.4 Å².